The minimum absolute atomic E-state index is 0.0928. The zero-order valence-electron chi connectivity index (χ0n) is 10.2. The lowest BCUT2D eigenvalue weighted by atomic mass is 10.1. The molecule has 4 nitrogen and oxygen atoms in total. The van der Waals surface area contributed by atoms with E-state index in [0.717, 1.165) is 24.8 Å². The molecule has 0 aromatic carbocycles. The summed E-state index contributed by atoms with van der Waals surface area (Å²) in [5.41, 5.74) is 2.53. The predicted molar refractivity (Wildman–Crippen MR) is 61.1 cm³/mol. The molecule has 4 heteroatoms. The second-order valence-corrected chi connectivity index (χ2v) is 3.73. The van der Waals surface area contributed by atoms with Crippen LogP contribution in [-0.2, 0) is 6.42 Å². The number of carbonyl (C=O) groups is 2. The fourth-order valence-electron chi connectivity index (χ4n) is 1.98. The first-order valence-electron chi connectivity index (χ1n) is 5.33. The molecule has 16 heavy (non-hydrogen) atoms. The number of hydrogen-bond acceptors (Lipinski definition) is 3. The van der Waals surface area contributed by atoms with Gasteiger partial charge in [0.05, 0.1) is 5.69 Å². The summed E-state index contributed by atoms with van der Waals surface area (Å²) in [4.78, 5) is 27.8. The summed E-state index contributed by atoms with van der Waals surface area (Å²) in [6.07, 6.45) is 2.41. The molecule has 0 bridgehead atoms. The van der Waals surface area contributed by atoms with Crippen LogP contribution >= 0.6 is 0 Å². The molecule has 1 aromatic heterocycles. The minimum atomic E-state index is -0.0928. The van der Waals surface area contributed by atoms with Gasteiger partial charge in [0.25, 0.3) is 0 Å². The first kappa shape index (κ1) is 12.5. The van der Waals surface area contributed by atoms with Crippen molar-refractivity contribution in [1.29, 1.82) is 0 Å². The highest BCUT2D eigenvalue weighted by Gasteiger charge is 2.22. The van der Waals surface area contributed by atoms with Crippen LogP contribution in [0.25, 0.3) is 0 Å². The van der Waals surface area contributed by atoms with Gasteiger partial charge in [0, 0.05) is 12.5 Å². The van der Waals surface area contributed by atoms with E-state index in [-0.39, 0.29) is 5.78 Å². The Morgan fingerprint density at radius 1 is 1.50 bits per heavy atom. The van der Waals surface area contributed by atoms with Gasteiger partial charge in [-0.3, -0.25) is 9.59 Å². The second-order valence-electron chi connectivity index (χ2n) is 3.73. The van der Waals surface area contributed by atoms with Crippen LogP contribution in [0.3, 0.4) is 0 Å². The molecular formula is C12H17NO3. The van der Waals surface area contributed by atoms with E-state index >= 15 is 0 Å². The highest BCUT2D eigenvalue weighted by atomic mass is 16.6. The van der Waals surface area contributed by atoms with Gasteiger partial charge in [0.1, 0.15) is 12.8 Å². The van der Waals surface area contributed by atoms with Crippen molar-refractivity contribution in [3.8, 4) is 0 Å². The summed E-state index contributed by atoms with van der Waals surface area (Å²) in [5, 5.41) is 0. The van der Waals surface area contributed by atoms with E-state index in [4.69, 9.17) is 4.84 Å². The Kier molecular flexibility index (Phi) is 3.88. The van der Waals surface area contributed by atoms with Crippen molar-refractivity contribution in [1.82, 2.24) is 4.73 Å². The summed E-state index contributed by atoms with van der Waals surface area (Å²) in [5.74, 6) is -0.0928. The first-order chi connectivity index (χ1) is 7.58. The molecule has 0 aliphatic heterocycles. The smallest absolute Gasteiger partial charge is 0.179 e. The van der Waals surface area contributed by atoms with Crippen molar-refractivity contribution < 1.29 is 14.4 Å². The van der Waals surface area contributed by atoms with Crippen LogP contribution in [0.1, 0.15) is 52.4 Å². The van der Waals surface area contributed by atoms with Gasteiger partial charge in [-0.05, 0) is 18.9 Å². The summed E-state index contributed by atoms with van der Waals surface area (Å²) >= 11 is 0. The number of hydrogen-bond donors (Lipinski definition) is 0. The fraction of sp³-hybridized carbons (Fsp3) is 0.500. The van der Waals surface area contributed by atoms with Crippen LogP contribution in [-0.4, -0.2) is 23.9 Å². The number of nitrogens with zero attached hydrogens (tertiary/aromatic N) is 1. The van der Waals surface area contributed by atoms with Crippen molar-refractivity contribution in [3.05, 3.63) is 22.5 Å². The summed E-state index contributed by atoms with van der Waals surface area (Å²) < 4.78 is 1.48. The van der Waals surface area contributed by atoms with E-state index in [1.807, 2.05) is 6.92 Å². The highest BCUT2D eigenvalue weighted by Crippen LogP contribution is 2.22. The number of carbonyl (C=O) groups excluding carboxylic acids is 2. The van der Waals surface area contributed by atoms with Crippen molar-refractivity contribution in [2.45, 2.75) is 33.6 Å². The second kappa shape index (κ2) is 4.96. The number of Topliss-reactive ketones (excluding diaryl/α,β-unsaturated/α-hetero) is 1. The lowest BCUT2D eigenvalue weighted by Gasteiger charge is -2.09. The predicted octanol–water partition coefficient (Wildman–Crippen LogP) is 1.82. The topological polar surface area (TPSA) is 48.3 Å². The Hall–Kier alpha value is -1.58. The zero-order valence-corrected chi connectivity index (χ0v) is 10.2. The SMILES string of the molecule is CCCc1c(C=O)c(C)c(C(C)=O)n1OC. The van der Waals surface area contributed by atoms with Crippen LogP contribution in [0.5, 0.6) is 0 Å². The first-order valence-corrected chi connectivity index (χ1v) is 5.33. The van der Waals surface area contributed by atoms with Crippen LogP contribution in [0.2, 0.25) is 0 Å². The number of rotatable bonds is 5. The lowest BCUT2D eigenvalue weighted by Crippen LogP contribution is -2.16. The monoisotopic (exact) mass is 223 g/mol. The van der Waals surface area contributed by atoms with Crippen molar-refractivity contribution >= 4 is 12.1 Å². The molecule has 0 unspecified atom stereocenters. The third-order valence-electron chi connectivity index (χ3n) is 2.64. The van der Waals surface area contributed by atoms with Gasteiger partial charge in [-0.1, -0.05) is 13.3 Å². The maximum absolute atomic E-state index is 11.5. The lowest BCUT2D eigenvalue weighted by molar-refractivity contribution is 0.0945. The summed E-state index contributed by atoms with van der Waals surface area (Å²) in [6.45, 7) is 5.27. The van der Waals surface area contributed by atoms with Crippen LogP contribution in [0.15, 0.2) is 0 Å². The molecule has 0 spiro atoms. The zero-order chi connectivity index (χ0) is 12.3. The van der Waals surface area contributed by atoms with Crippen LogP contribution in [0.4, 0.5) is 0 Å². The Morgan fingerprint density at radius 3 is 2.50 bits per heavy atom. The number of aromatic nitrogens is 1. The molecule has 88 valence electrons. The van der Waals surface area contributed by atoms with Crippen molar-refractivity contribution in [3.63, 3.8) is 0 Å². The third kappa shape index (κ3) is 1.87. The normalized spacial score (nSPS) is 10.2. The molecule has 0 amide bonds. The molecular weight excluding hydrogens is 206 g/mol. The Morgan fingerprint density at radius 2 is 2.12 bits per heavy atom. The van der Waals surface area contributed by atoms with E-state index in [0.29, 0.717) is 16.8 Å². The molecule has 1 heterocycles. The van der Waals surface area contributed by atoms with Crippen LogP contribution in [0, 0.1) is 6.92 Å². The van der Waals surface area contributed by atoms with E-state index in [2.05, 4.69) is 0 Å². The van der Waals surface area contributed by atoms with Gasteiger partial charge < -0.3 is 4.84 Å². The molecule has 1 rings (SSSR count). The summed E-state index contributed by atoms with van der Waals surface area (Å²) in [6, 6.07) is 0. The standard InChI is InChI=1S/C12H17NO3/c1-5-6-11-10(7-14)8(2)12(9(3)15)13(11)16-4/h7H,5-6H2,1-4H3. The quantitative estimate of drug-likeness (QED) is 0.565. The largest absolute Gasteiger partial charge is 0.417 e. The van der Waals surface area contributed by atoms with Crippen molar-refractivity contribution in [2.75, 3.05) is 7.11 Å². The molecule has 0 aliphatic rings. The average molecular weight is 223 g/mol. The molecule has 0 saturated carbocycles. The molecule has 0 fully saturated rings. The molecule has 0 atom stereocenters. The average Bonchev–Trinajstić information content (AvgIpc) is 2.51. The number of aldehydes is 1. The maximum atomic E-state index is 11.5. The summed E-state index contributed by atoms with van der Waals surface area (Å²) in [7, 11) is 1.50. The maximum Gasteiger partial charge on any atom is 0.179 e. The molecule has 1 aromatic rings. The minimum Gasteiger partial charge on any atom is -0.417 e. The van der Waals surface area contributed by atoms with Gasteiger partial charge in [-0.25, -0.2) is 0 Å². The Labute approximate surface area is 95.2 Å². The molecule has 0 saturated heterocycles. The number of ketones is 1. The van der Waals surface area contributed by atoms with E-state index < -0.39 is 0 Å². The fourth-order valence-corrected chi connectivity index (χ4v) is 1.98. The Bertz CT molecular complexity index is 418. The molecule has 0 radical (unpaired) electrons. The molecule has 0 N–H and O–H groups in total. The van der Waals surface area contributed by atoms with E-state index in [9.17, 15) is 9.59 Å². The van der Waals surface area contributed by atoms with E-state index in [1.54, 1.807) is 6.92 Å². The highest BCUT2D eigenvalue weighted by molar-refractivity contribution is 5.97. The van der Waals surface area contributed by atoms with Gasteiger partial charge >= 0.3 is 0 Å². The van der Waals surface area contributed by atoms with Crippen LogP contribution < -0.4 is 4.84 Å². The third-order valence-corrected chi connectivity index (χ3v) is 2.64. The Balaban J connectivity index is 3.50. The van der Waals surface area contributed by atoms with Gasteiger partial charge in [-0.15, -0.1) is 0 Å². The van der Waals surface area contributed by atoms with Gasteiger partial charge in [0.2, 0.25) is 0 Å². The van der Waals surface area contributed by atoms with E-state index in [1.165, 1.54) is 18.8 Å². The van der Waals surface area contributed by atoms with Crippen molar-refractivity contribution in [2.24, 2.45) is 0 Å². The molecule has 0 aliphatic carbocycles. The van der Waals surface area contributed by atoms with Gasteiger partial charge in [0.15, 0.2) is 12.1 Å². The van der Waals surface area contributed by atoms with Gasteiger partial charge in [-0.2, -0.15) is 4.73 Å².